The van der Waals surface area contributed by atoms with Crippen LogP contribution < -0.4 is 0 Å². The summed E-state index contributed by atoms with van der Waals surface area (Å²) in [6.45, 7) is 7.46. The van der Waals surface area contributed by atoms with Gasteiger partial charge in [0.2, 0.25) is 0 Å². The van der Waals surface area contributed by atoms with Crippen molar-refractivity contribution >= 4 is 23.2 Å². The number of hydrogen-bond acceptors (Lipinski definition) is 4. The van der Waals surface area contributed by atoms with Crippen molar-refractivity contribution in [2.45, 2.75) is 51.7 Å². The monoisotopic (exact) mass is 503 g/mol. The van der Waals surface area contributed by atoms with Gasteiger partial charge in [-0.05, 0) is 73.1 Å². The highest BCUT2D eigenvalue weighted by molar-refractivity contribution is 5.85. The predicted octanol–water partition coefficient (Wildman–Crippen LogP) is 4.55. The third kappa shape index (κ3) is 4.21. The predicted molar refractivity (Wildman–Crippen MR) is 139 cm³/mol. The van der Waals surface area contributed by atoms with Gasteiger partial charge < -0.3 is 29.5 Å². The summed E-state index contributed by atoms with van der Waals surface area (Å²) in [4.78, 5) is 38.8. The molecule has 2 fully saturated rings. The topological polar surface area (TPSA) is 102 Å². The maximum absolute atomic E-state index is 13.5. The summed E-state index contributed by atoms with van der Waals surface area (Å²) >= 11 is 0. The molecule has 3 aliphatic heterocycles. The van der Waals surface area contributed by atoms with Gasteiger partial charge in [0.05, 0.1) is 25.3 Å². The molecule has 37 heavy (non-hydrogen) atoms. The first-order valence-corrected chi connectivity index (χ1v) is 13.1. The van der Waals surface area contributed by atoms with Gasteiger partial charge in [-0.3, -0.25) is 0 Å². The van der Waals surface area contributed by atoms with Gasteiger partial charge in [-0.15, -0.1) is 0 Å². The number of carboxylic acid groups (broad SMARTS) is 1. The van der Waals surface area contributed by atoms with Gasteiger partial charge >= 0.3 is 12.1 Å². The van der Waals surface area contributed by atoms with E-state index in [4.69, 9.17) is 4.74 Å². The molecule has 9 heteroatoms. The molecule has 194 valence electrons. The van der Waals surface area contributed by atoms with Crippen LogP contribution in [0.3, 0.4) is 0 Å². The van der Waals surface area contributed by atoms with Gasteiger partial charge in [-0.1, -0.05) is 6.07 Å². The average Bonchev–Trinajstić information content (AvgIpc) is 3.55. The first-order valence-electron chi connectivity index (χ1n) is 13.1. The highest BCUT2D eigenvalue weighted by atomic mass is 16.5. The zero-order chi connectivity index (χ0) is 25.7. The van der Waals surface area contributed by atoms with Crippen LogP contribution in [0.2, 0.25) is 0 Å². The van der Waals surface area contributed by atoms with Crippen LogP contribution in [-0.4, -0.2) is 80.8 Å². The fourth-order valence-corrected chi connectivity index (χ4v) is 6.13. The Morgan fingerprint density at radius 3 is 2.81 bits per heavy atom. The zero-order valence-electron chi connectivity index (χ0n) is 21.4. The lowest BCUT2D eigenvalue weighted by Crippen LogP contribution is -2.53. The fraction of sp³-hybridized carbons (Fsp3) is 0.464. The molecule has 2 aromatic heterocycles. The van der Waals surface area contributed by atoms with E-state index < -0.39 is 6.09 Å². The number of H-pyrrole nitrogens is 1. The number of fused-ring (bicyclic) bond motifs is 2. The number of nitrogens with zero attached hydrogens (tertiary/aromatic N) is 4. The van der Waals surface area contributed by atoms with E-state index in [0.717, 1.165) is 58.1 Å². The minimum Gasteiger partial charge on any atom is -0.465 e. The molecule has 3 amide bonds. The van der Waals surface area contributed by atoms with Gasteiger partial charge in [0.15, 0.2) is 0 Å². The van der Waals surface area contributed by atoms with Crippen molar-refractivity contribution in [3.63, 3.8) is 0 Å². The van der Waals surface area contributed by atoms with Gasteiger partial charge in [0.25, 0.3) is 0 Å². The second kappa shape index (κ2) is 9.37. The lowest BCUT2D eigenvalue weighted by molar-refractivity contribution is 0.00932. The van der Waals surface area contributed by atoms with Crippen LogP contribution in [-0.2, 0) is 17.7 Å². The summed E-state index contributed by atoms with van der Waals surface area (Å²) in [5, 5.41) is 11.0. The molecular weight excluding hydrogens is 470 g/mol. The molecule has 1 aromatic carbocycles. The van der Waals surface area contributed by atoms with E-state index in [1.165, 1.54) is 5.56 Å². The molecule has 6 rings (SSSR count). The fourth-order valence-electron chi connectivity index (χ4n) is 6.13. The molecule has 0 bridgehead atoms. The Labute approximate surface area is 216 Å². The molecule has 0 radical (unpaired) electrons. The van der Waals surface area contributed by atoms with Gasteiger partial charge in [-0.2, -0.15) is 0 Å². The highest BCUT2D eigenvalue weighted by Gasteiger charge is 2.36. The lowest BCUT2D eigenvalue weighted by atomic mass is 9.87. The number of nitrogens with one attached hydrogen (secondary N) is 1. The second-order valence-corrected chi connectivity index (χ2v) is 10.5. The molecule has 5 heterocycles. The zero-order valence-corrected chi connectivity index (χ0v) is 21.4. The molecule has 2 atom stereocenters. The van der Waals surface area contributed by atoms with E-state index in [-0.39, 0.29) is 18.1 Å². The van der Waals surface area contributed by atoms with Crippen molar-refractivity contribution in [2.24, 2.45) is 0 Å². The number of benzene rings is 1. The molecular formula is C28H33N5O4. The number of morpholine rings is 1. The van der Waals surface area contributed by atoms with Crippen LogP contribution in [0.1, 0.15) is 48.1 Å². The van der Waals surface area contributed by atoms with E-state index in [9.17, 15) is 14.7 Å². The minimum atomic E-state index is -0.890. The maximum Gasteiger partial charge on any atom is 0.407 e. The number of rotatable bonds is 2. The van der Waals surface area contributed by atoms with Crippen LogP contribution in [0, 0.1) is 6.92 Å². The first-order chi connectivity index (χ1) is 17.9. The molecule has 2 saturated heterocycles. The Hall–Kier alpha value is -3.59. The second-order valence-electron chi connectivity index (χ2n) is 10.5. The largest absolute Gasteiger partial charge is 0.465 e. The first kappa shape index (κ1) is 23.8. The smallest absolute Gasteiger partial charge is 0.407 e. The summed E-state index contributed by atoms with van der Waals surface area (Å²) in [6.07, 6.45) is 5.30. The summed E-state index contributed by atoms with van der Waals surface area (Å²) in [5.74, 6) is 0. The maximum atomic E-state index is 13.5. The molecule has 0 spiro atoms. The number of aryl methyl sites for hydroxylation is 1. The van der Waals surface area contributed by atoms with Crippen molar-refractivity contribution in [1.82, 2.24) is 24.7 Å². The number of amides is 3. The van der Waals surface area contributed by atoms with E-state index in [2.05, 4.69) is 35.1 Å². The number of carbonyl (C=O) groups excluding carboxylic acids is 1. The average molecular weight is 504 g/mol. The Morgan fingerprint density at radius 2 is 2.00 bits per heavy atom. The number of ether oxygens (including phenoxy) is 1. The summed E-state index contributed by atoms with van der Waals surface area (Å²) < 4.78 is 5.53. The standard InChI is InChI=1S/C28H33N5O4/c1-17-13-29-26-22(17)12-21(14-30-26)20-10-19-5-7-31(27(34)32-8-9-37-16-18(32)2)15-24(19)23(11-20)25-4-3-6-33(25)28(35)36/h10-14,18,25H,3-9,15-16H2,1-2H3,(H,29,30)(H,35,36). The van der Waals surface area contributed by atoms with Crippen LogP contribution >= 0.6 is 0 Å². The number of likely N-dealkylation sites (tertiary alicyclic amines) is 1. The third-order valence-electron chi connectivity index (χ3n) is 8.19. The number of pyridine rings is 1. The van der Waals surface area contributed by atoms with Gasteiger partial charge in [-0.25, -0.2) is 14.6 Å². The van der Waals surface area contributed by atoms with Crippen molar-refractivity contribution in [3.8, 4) is 11.1 Å². The van der Waals surface area contributed by atoms with Crippen LogP contribution in [0.25, 0.3) is 22.2 Å². The lowest BCUT2D eigenvalue weighted by Gasteiger charge is -2.40. The van der Waals surface area contributed by atoms with Crippen molar-refractivity contribution < 1.29 is 19.4 Å². The van der Waals surface area contributed by atoms with Crippen LogP contribution in [0.4, 0.5) is 9.59 Å². The highest BCUT2D eigenvalue weighted by Crippen LogP contribution is 2.40. The SMILES string of the molecule is Cc1c[nH]c2ncc(-c3cc4c(c(C5CCCN5C(=O)O)c3)CN(C(=O)N3CCOCC3C)CC4)cc12. The van der Waals surface area contributed by atoms with Crippen LogP contribution in [0.15, 0.2) is 30.6 Å². The van der Waals surface area contributed by atoms with Crippen molar-refractivity contribution in [3.05, 3.63) is 52.8 Å². The quantitative estimate of drug-likeness (QED) is 0.534. The number of urea groups is 1. The molecule has 3 aliphatic rings. The Balaban J connectivity index is 1.41. The number of hydrogen-bond donors (Lipinski definition) is 2. The van der Waals surface area contributed by atoms with E-state index in [1.54, 1.807) is 4.90 Å². The number of carbonyl (C=O) groups is 2. The molecule has 3 aromatic rings. The molecule has 0 saturated carbocycles. The summed E-state index contributed by atoms with van der Waals surface area (Å²) in [7, 11) is 0. The van der Waals surface area contributed by atoms with E-state index in [0.29, 0.717) is 39.4 Å². The van der Waals surface area contributed by atoms with E-state index >= 15 is 0 Å². The Morgan fingerprint density at radius 1 is 1.14 bits per heavy atom. The minimum absolute atomic E-state index is 0.0376. The van der Waals surface area contributed by atoms with Gasteiger partial charge in [0, 0.05) is 49.5 Å². The van der Waals surface area contributed by atoms with Crippen LogP contribution in [0.5, 0.6) is 0 Å². The molecule has 2 N–H and O–H groups in total. The van der Waals surface area contributed by atoms with Crippen molar-refractivity contribution in [2.75, 3.05) is 32.8 Å². The van der Waals surface area contributed by atoms with Gasteiger partial charge in [0.1, 0.15) is 5.65 Å². The van der Waals surface area contributed by atoms with Crippen molar-refractivity contribution in [1.29, 1.82) is 0 Å². The molecule has 9 nitrogen and oxygen atoms in total. The number of aromatic amines is 1. The molecule has 0 aliphatic carbocycles. The molecule has 2 unspecified atom stereocenters. The summed E-state index contributed by atoms with van der Waals surface area (Å²) in [6, 6.07) is 6.37. The Kier molecular flexibility index (Phi) is 6.03. The third-order valence-corrected chi connectivity index (χ3v) is 8.19. The summed E-state index contributed by atoms with van der Waals surface area (Å²) in [5.41, 5.74) is 7.36. The normalized spacial score (nSPS) is 21.9. The number of aromatic nitrogens is 2. The van der Waals surface area contributed by atoms with E-state index in [1.807, 2.05) is 29.1 Å². The Bertz CT molecular complexity index is 1370.